The van der Waals surface area contributed by atoms with Gasteiger partial charge >= 0.3 is 0 Å². The Morgan fingerprint density at radius 2 is 2.00 bits per heavy atom. The smallest absolute Gasteiger partial charge is 0.295 e. The molecule has 0 aliphatic heterocycles. The largest absolute Gasteiger partial charge is 0.379 e. The van der Waals surface area contributed by atoms with Crippen LogP contribution in [0, 0.1) is 15.9 Å². The lowest BCUT2D eigenvalue weighted by molar-refractivity contribution is -0.384. The zero-order valence-corrected chi connectivity index (χ0v) is 12.1. The van der Waals surface area contributed by atoms with Crippen molar-refractivity contribution in [2.24, 2.45) is 0 Å². The van der Waals surface area contributed by atoms with Crippen LogP contribution >= 0.6 is 11.6 Å². The first kappa shape index (κ1) is 15.3. The highest BCUT2D eigenvalue weighted by Gasteiger charge is 2.18. The molecule has 0 saturated heterocycles. The first-order valence-electron chi connectivity index (χ1n) is 6.41. The van der Waals surface area contributed by atoms with Crippen LogP contribution in [0.3, 0.4) is 0 Å². The normalized spacial score (nSPS) is 12.0. The van der Waals surface area contributed by atoms with Crippen molar-refractivity contribution < 1.29 is 9.31 Å². The summed E-state index contributed by atoms with van der Waals surface area (Å²) in [6.45, 7) is 2.48. The van der Waals surface area contributed by atoms with Crippen LogP contribution in [-0.2, 0) is 0 Å². The fraction of sp³-hybridized carbons (Fsp3) is 0.200. The third-order valence-electron chi connectivity index (χ3n) is 3.20. The van der Waals surface area contributed by atoms with E-state index >= 15 is 0 Å². The third kappa shape index (κ3) is 3.70. The van der Waals surface area contributed by atoms with Gasteiger partial charge in [-0.2, -0.15) is 0 Å². The molecule has 0 fully saturated rings. The van der Waals surface area contributed by atoms with E-state index in [2.05, 4.69) is 5.32 Å². The predicted octanol–water partition coefficient (Wildman–Crippen LogP) is 4.60. The van der Waals surface area contributed by atoms with Gasteiger partial charge in [0, 0.05) is 6.54 Å². The average molecular weight is 309 g/mol. The molecule has 1 unspecified atom stereocenters. The van der Waals surface area contributed by atoms with Gasteiger partial charge in [-0.1, -0.05) is 48.9 Å². The van der Waals surface area contributed by atoms with Gasteiger partial charge in [0.2, 0.25) is 0 Å². The number of hydrogen-bond donors (Lipinski definition) is 1. The van der Waals surface area contributed by atoms with E-state index in [1.165, 1.54) is 6.07 Å². The second kappa shape index (κ2) is 6.54. The van der Waals surface area contributed by atoms with Gasteiger partial charge < -0.3 is 5.32 Å². The van der Waals surface area contributed by atoms with Crippen molar-refractivity contribution in [3.05, 3.63) is 69.0 Å². The Labute approximate surface area is 126 Å². The number of nitrogens with zero attached hydrogens (tertiary/aromatic N) is 1. The summed E-state index contributed by atoms with van der Waals surface area (Å²) in [6, 6.07) is 11.8. The SMILES string of the molecule is CC(CNc1cc(Cl)c(F)cc1[N+](=O)[O-])c1ccccc1. The fourth-order valence-electron chi connectivity index (χ4n) is 1.99. The van der Waals surface area contributed by atoms with E-state index in [9.17, 15) is 14.5 Å². The summed E-state index contributed by atoms with van der Waals surface area (Å²) in [5, 5.41) is 13.8. The lowest BCUT2D eigenvalue weighted by atomic mass is 10.0. The number of nitro groups is 1. The summed E-state index contributed by atoms with van der Waals surface area (Å²) in [4.78, 5) is 10.3. The van der Waals surface area contributed by atoms with Crippen LogP contribution in [0.15, 0.2) is 42.5 Å². The second-order valence-corrected chi connectivity index (χ2v) is 5.14. The molecule has 2 aromatic carbocycles. The Balaban J connectivity index is 2.16. The van der Waals surface area contributed by atoms with E-state index in [1.807, 2.05) is 37.3 Å². The van der Waals surface area contributed by atoms with Crippen LogP contribution in [0.5, 0.6) is 0 Å². The molecule has 0 aliphatic carbocycles. The summed E-state index contributed by atoms with van der Waals surface area (Å²) in [5.41, 5.74) is 1.01. The van der Waals surface area contributed by atoms with Crippen molar-refractivity contribution >= 4 is 23.0 Å². The van der Waals surface area contributed by atoms with Crippen LogP contribution in [0.25, 0.3) is 0 Å². The van der Waals surface area contributed by atoms with Crippen LogP contribution in [-0.4, -0.2) is 11.5 Å². The Bertz CT molecular complexity index is 650. The molecule has 2 rings (SSSR count). The molecule has 0 aromatic heterocycles. The van der Waals surface area contributed by atoms with Gasteiger partial charge in [0.1, 0.15) is 11.5 Å². The number of hydrogen-bond acceptors (Lipinski definition) is 3. The highest BCUT2D eigenvalue weighted by Crippen LogP contribution is 2.30. The fourth-order valence-corrected chi connectivity index (χ4v) is 2.16. The Morgan fingerprint density at radius 1 is 1.33 bits per heavy atom. The minimum Gasteiger partial charge on any atom is -0.379 e. The van der Waals surface area contributed by atoms with Crippen molar-refractivity contribution in [1.82, 2.24) is 0 Å². The molecular weight excluding hydrogens is 295 g/mol. The topological polar surface area (TPSA) is 55.2 Å². The second-order valence-electron chi connectivity index (χ2n) is 4.73. The van der Waals surface area contributed by atoms with E-state index in [0.717, 1.165) is 11.6 Å². The number of nitro benzene ring substituents is 1. The van der Waals surface area contributed by atoms with Crippen LogP contribution in [0.2, 0.25) is 5.02 Å². The van der Waals surface area contributed by atoms with Crippen LogP contribution in [0.4, 0.5) is 15.8 Å². The molecule has 21 heavy (non-hydrogen) atoms. The molecule has 6 heteroatoms. The molecule has 0 radical (unpaired) electrons. The molecule has 0 aliphatic rings. The number of rotatable bonds is 5. The van der Waals surface area contributed by atoms with Gasteiger partial charge in [-0.05, 0) is 17.5 Å². The van der Waals surface area contributed by atoms with Gasteiger partial charge in [-0.15, -0.1) is 0 Å². The molecule has 1 N–H and O–H groups in total. The Hall–Kier alpha value is -2.14. The quantitative estimate of drug-likeness (QED) is 0.648. The number of halogens is 2. The zero-order valence-electron chi connectivity index (χ0n) is 11.3. The number of benzene rings is 2. The average Bonchev–Trinajstić information content (AvgIpc) is 2.48. The first-order valence-corrected chi connectivity index (χ1v) is 6.79. The minimum absolute atomic E-state index is 0.143. The van der Waals surface area contributed by atoms with Gasteiger partial charge in [-0.3, -0.25) is 10.1 Å². The lowest BCUT2D eigenvalue weighted by Gasteiger charge is -2.14. The van der Waals surface area contributed by atoms with Crippen molar-refractivity contribution in [2.45, 2.75) is 12.8 Å². The molecule has 2 aromatic rings. The van der Waals surface area contributed by atoms with E-state index in [0.29, 0.717) is 6.54 Å². The maximum atomic E-state index is 13.3. The summed E-state index contributed by atoms with van der Waals surface area (Å²) in [7, 11) is 0. The highest BCUT2D eigenvalue weighted by molar-refractivity contribution is 6.31. The van der Waals surface area contributed by atoms with Gasteiger partial charge in [0.05, 0.1) is 16.0 Å². The Morgan fingerprint density at radius 3 is 2.62 bits per heavy atom. The monoisotopic (exact) mass is 308 g/mol. The third-order valence-corrected chi connectivity index (χ3v) is 3.49. The van der Waals surface area contributed by atoms with Gasteiger partial charge in [0.25, 0.3) is 5.69 Å². The van der Waals surface area contributed by atoms with E-state index < -0.39 is 10.7 Å². The molecule has 4 nitrogen and oxygen atoms in total. The molecule has 0 bridgehead atoms. The predicted molar refractivity (Wildman–Crippen MR) is 81.4 cm³/mol. The van der Waals surface area contributed by atoms with Crippen molar-refractivity contribution in [3.8, 4) is 0 Å². The van der Waals surface area contributed by atoms with Crippen molar-refractivity contribution in [1.29, 1.82) is 0 Å². The first-order chi connectivity index (χ1) is 9.99. The molecule has 0 spiro atoms. The van der Waals surface area contributed by atoms with Crippen LogP contribution < -0.4 is 5.32 Å². The molecule has 0 amide bonds. The maximum Gasteiger partial charge on any atom is 0.295 e. The number of anilines is 1. The molecular formula is C15H14ClFN2O2. The zero-order chi connectivity index (χ0) is 15.4. The summed E-state index contributed by atoms with van der Waals surface area (Å²) >= 11 is 5.69. The highest BCUT2D eigenvalue weighted by atomic mass is 35.5. The standard InChI is InChI=1S/C15H14ClFN2O2/c1-10(11-5-3-2-4-6-11)9-18-14-7-12(16)13(17)8-15(14)19(20)21/h2-8,10,18H,9H2,1H3. The van der Waals surface area contributed by atoms with Crippen LogP contribution in [0.1, 0.15) is 18.4 Å². The number of nitrogens with one attached hydrogen (secondary N) is 1. The lowest BCUT2D eigenvalue weighted by Crippen LogP contribution is -2.11. The summed E-state index contributed by atoms with van der Waals surface area (Å²) < 4.78 is 13.3. The molecule has 1 atom stereocenters. The minimum atomic E-state index is -0.801. The molecule has 0 heterocycles. The van der Waals surface area contributed by atoms with Crippen molar-refractivity contribution in [3.63, 3.8) is 0 Å². The van der Waals surface area contributed by atoms with E-state index in [4.69, 9.17) is 11.6 Å². The van der Waals surface area contributed by atoms with Gasteiger partial charge in [0.15, 0.2) is 0 Å². The Kier molecular flexibility index (Phi) is 4.75. The summed E-state index contributed by atoms with van der Waals surface area (Å²) in [6.07, 6.45) is 0. The van der Waals surface area contributed by atoms with Gasteiger partial charge in [-0.25, -0.2) is 4.39 Å². The summed E-state index contributed by atoms with van der Waals surface area (Å²) in [5.74, 6) is -0.653. The maximum absolute atomic E-state index is 13.3. The van der Waals surface area contributed by atoms with E-state index in [-0.39, 0.29) is 22.3 Å². The van der Waals surface area contributed by atoms with E-state index in [1.54, 1.807) is 0 Å². The van der Waals surface area contributed by atoms with Crippen molar-refractivity contribution in [2.75, 3.05) is 11.9 Å². The molecule has 110 valence electrons. The molecule has 0 saturated carbocycles.